The first-order valence-corrected chi connectivity index (χ1v) is 11.3. The molecule has 0 atom stereocenters. The summed E-state index contributed by atoms with van der Waals surface area (Å²) in [6, 6.07) is 13.4. The van der Waals surface area contributed by atoms with Gasteiger partial charge in [-0.1, -0.05) is 29.8 Å². The van der Waals surface area contributed by atoms with Crippen LogP contribution in [0.1, 0.15) is 18.4 Å². The topological polar surface area (TPSA) is 54.0 Å². The number of nitrogens with zero attached hydrogens (tertiary/aromatic N) is 2. The van der Waals surface area contributed by atoms with Gasteiger partial charge in [-0.3, -0.25) is 9.69 Å². The summed E-state index contributed by atoms with van der Waals surface area (Å²) in [5, 5.41) is 3.46. The molecule has 0 aromatic heterocycles. The number of halogens is 1. The number of carbonyl (C=O) groups is 1. The molecule has 32 heavy (non-hydrogen) atoms. The van der Waals surface area contributed by atoms with E-state index in [9.17, 15) is 4.79 Å². The molecule has 6 nitrogen and oxygen atoms in total. The van der Waals surface area contributed by atoms with Gasteiger partial charge in [0.05, 0.1) is 7.11 Å². The molecule has 7 heteroatoms. The smallest absolute Gasteiger partial charge is 0.248 e. The summed E-state index contributed by atoms with van der Waals surface area (Å²) in [5.41, 5.74) is 1.43. The molecule has 1 fully saturated rings. The molecule has 0 radical (unpaired) electrons. The van der Waals surface area contributed by atoms with E-state index in [2.05, 4.69) is 29.2 Å². The summed E-state index contributed by atoms with van der Waals surface area (Å²) in [5.74, 6) is 1.01. The minimum absolute atomic E-state index is 0.246. The zero-order valence-corrected chi connectivity index (χ0v) is 19.8. The van der Waals surface area contributed by atoms with Crippen LogP contribution in [0.3, 0.4) is 0 Å². The number of hydrogen-bond donors (Lipinski definition) is 1. The van der Waals surface area contributed by atoms with Crippen molar-refractivity contribution >= 4 is 29.3 Å². The largest absolute Gasteiger partial charge is 0.493 e. The van der Waals surface area contributed by atoms with Crippen molar-refractivity contribution in [3.8, 4) is 11.5 Å². The van der Waals surface area contributed by atoms with Crippen LogP contribution in [-0.4, -0.2) is 69.2 Å². The summed E-state index contributed by atoms with van der Waals surface area (Å²) in [6.07, 6.45) is 5.51. The van der Waals surface area contributed by atoms with Crippen LogP contribution in [0, 0.1) is 0 Å². The second-order valence-corrected chi connectivity index (χ2v) is 8.50. The Labute approximate surface area is 195 Å². The van der Waals surface area contributed by atoms with Crippen molar-refractivity contribution in [1.29, 1.82) is 0 Å². The average Bonchev–Trinajstić information content (AvgIpc) is 2.79. The Morgan fingerprint density at radius 1 is 1.19 bits per heavy atom. The molecule has 0 bridgehead atoms. The lowest BCUT2D eigenvalue weighted by Crippen LogP contribution is -2.43. The third-order valence-electron chi connectivity index (χ3n) is 5.70. The maximum Gasteiger partial charge on any atom is 0.248 e. The molecule has 0 spiro atoms. The molecule has 1 heterocycles. The second-order valence-electron chi connectivity index (χ2n) is 8.09. The first kappa shape index (κ1) is 24.1. The van der Waals surface area contributed by atoms with Crippen molar-refractivity contribution in [3.05, 3.63) is 59.1 Å². The van der Waals surface area contributed by atoms with E-state index >= 15 is 0 Å². The third-order valence-corrected chi connectivity index (χ3v) is 6.05. The van der Waals surface area contributed by atoms with E-state index in [0.29, 0.717) is 34.9 Å². The monoisotopic (exact) mass is 457 g/mol. The Morgan fingerprint density at radius 3 is 2.62 bits per heavy atom. The molecule has 0 aliphatic carbocycles. The maximum absolute atomic E-state index is 12.3. The van der Waals surface area contributed by atoms with Crippen LogP contribution in [0.15, 0.2) is 48.5 Å². The molecule has 1 saturated heterocycles. The normalized spacial score (nSPS) is 15.3. The van der Waals surface area contributed by atoms with E-state index in [1.54, 1.807) is 37.5 Å². The van der Waals surface area contributed by atoms with E-state index in [1.165, 1.54) is 18.9 Å². The van der Waals surface area contributed by atoms with Crippen LogP contribution in [0.25, 0.3) is 6.08 Å². The lowest BCUT2D eigenvalue weighted by atomic mass is 10.0. The number of amides is 1. The molecular formula is C25H32ClN3O3. The molecule has 2 aromatic rings. The minimum atomic E-state index is -0.246. The maximum atomic E-state index is 12.3. The van der Waals surface area contributed by atoms with Gasteiger partial charge < -0.3 is 19.7 Å². The van der Waals surface area contributed by atoms with Gasteiger partial charge in [-0.15, -0.1) is 0 Å². The number of rotatable bonds is 9. The summed E-state index contributed by atoms with van der Waals surface area (Å²) >= 11 is 6.13. The summed E-state index contributed by atoms with van der Waals surface area (Å²) in [7, 11) is 5.90. The molecule has 0 saturated carbocycles. The first-order chi connectivity index (χ1) is 15.5. The number of piperidine rings is 1. The van der Waals surface area contributed by atoms with Gasteiger partial charge >= 0.3 is 0 Å². The highest BCUT2D eigenvalue weighted by atomic mass is 35.5. The molecule has 172 valence electrons. The number of benzene rings is 2. The Kier molecular flexibility index (Phi) is 8.97. The van der Waals surface area contributed by atoms with Gasteiger partial charge in [0.2, 0.25) is 5.91 Å². The Hall–Kier alpha value is -2.54. The SMILES string of the molecule is COc1ccc(NC(=O)/C=C/c2ccccc2Cl)cc1OCCN1CCC(N(C)C)CC1. The molecule has 1 amide bonds. The van der Waals surface area contributed by atoms with E-state index < -0.39 is 0 Å². The molecule has 2 aromatic carbocycles. The Bertz CT molecular complexity index is 924. The van der Waals surface area contributed by atoms with Crippen LogP contribution in [-0.2, 0) is 4.79 Å². The van der Waals surface area contributed by atoms with Crippen LogP contribution in [0.4, 0.5) is 5.69 Å². The van der Waals surface area contributed by atoms with Crippen molar-refractivity contribution in [1.82, 2.24) is 9.80 Å². The number of carbonyl (C=O) groups excluding carboxylic acids is 1. The van der Waals surface area contributed by atoms with Gasteiger partial charge in [0.1, 0.15) is 6.61 Å². The van der Waals surface area contributed by atoms with E-state index in [0.717, 1.165) is 25.2 Å². The third kappa shape index (κ3) is 6.99. The summed E-state index contributed by atoms with van der Waals surface area (Å²) in [4.78, 5) is 17.1. The van der Waals surface area contributed by atoms with Crippen molar-refractivity contribution in [2.75, 3.05) is 52.8 Å². The standard InChI is InChI=1S/C25H32ClN3O3/c1-28(2)21-12-14-29(15-13-21)16-17-32-24-18-20(9-10-23(24)31-3)27-25(30)11-8-19-6-4-5-7-22(19)26/h4-11,18,21H,12-17H2,1-3H3,(H,27,30)/b11-8+. The first-order valence-electron chi connectivity index (χ1n) is 10.9. The van der Waals surface area contributed by atoms with Gasteiger partial charge in [0.25, 0.3) is 0 Å². The van der Waals surface area contributed by atoms with Gasteiger partial charge in [0, 0.05) is 35.4 Å². The number of likely N-dealkylation sites (tertiary alicyclic amines) is 1. The van der Waals surface area contributed by atoms with Crippen molar-refractivity contribution < 1.29 is 14.3 Å². The predicted octanol–water partition coefficient (Wildman–Crippen LogP) is 4.41. The second kappa shape index (κ2) is 11.9. The van der Waals surface area contributed by atoms with Crippen LogP contribution < -0.4 is 14.8 Å². The fraction of sp³-hybridized carbons (Fsp3) is 0.400. The molecule has 1 N–H and O–H groups in total. The Morgan fingerprint density at radius 2 is 1.94 bits per heavy atom. The summed E-state index contributed by atoms with van der Waals surface area (Å²) < 4.78 is 11.4. The molecule has 0 unspecified atom stereocenters. The Balaban J connectivity index is 1.53. The van der Waals surface area contributed by atoms with E-state index in [-0.39, 0.29) is 5.91 Å². The van der Waals surface area contributed by atoms with Crippen molar-refractivity contribution in [2.24, 2.45) is 0 Å². The van der Waals surface area contributed by atoms with Gasteiger partial charge in [-0.05, 0) is 69.9 Å². The van der Waals surface area contributed by atoms with E-state index in [1.807, 2.05) is 18.2 Å². The zero-order chi connectivity index (χ0) is 22.9. The molecule has 1 aliphatic rings. The quantitative estimate of drug-likeness (QED) is 0.565. The van der Waals surface area contributed by atoms with Crippen molar-refractivity contribution in [2.45, 2.75) is 18.9 Å². The fourth-order valence-corrected chi connectivity index (χ4v) is 3.97. The molecule has 3 rings (SSSR count). The number of ether oxygens (including phenoxy) is 2. The highest BCUT2D eigenvalue weighted by molar-refractivity contribution is 6.32. The predicted molar refractivity (Wildman–Crippen MR) is 131 cm³/mol. The minimum Gasteiger partial charge on any atom is -0.493 e. The highest BCUT2D eigenvalue weighted by Gasteiger charge is 2.20. The zero-order valence-electron chi connectivity index (χ0n) is 19.0. The number of hydrogen-bond acceptors (Lipinski definition) is 5. The molecule has 1 aliphatic heterocycles. The van der Waals surface area contributed by atoms with Crippen LogP contribution >= 0.6 is 11.6 Å². The van der Waals surface area contributed by atoms with Gasteiger partial charge in [-0.2, -0.15) is 0 Å². The van der Waals surface area contributed by atoms with Gasteiger partial charge in [0.15, 0.2) is 11.5 Å². The fourth-order valence-electron chi connectivity index (χ4n) is 3.77. The van der Waals surface area contributed by atoms with E-state index in [4.69, 9.17) is 21.1 Å². The average molecular weight is 458 g/mol. The summed E-state index contributed by atoms with van der Waals surface area (Å²) in [6.45, 7) is 3.58. The van der Waals surface area contributed by atoms with Crippen LogP contribution in [0.2, 0.25) is 5.02 Å². The molecular weight excluding hydrogens is 426 g/mol. The van der Waals surface area contributed by atoms with Gasteiger partial charge in [-0.25, -0.2) is 0 Å². The van der Waals surface area contributed by atoms with Crippen molar-refractivity contribution in [3.63, 3.8) is 0 Å². The lowest BCUT2D eigenvalue weighted by Gasteiger charge is -2.35. The highest BCUT2D eigenvalue weighted by Crippen LogP contribution is 2.30. The number of nitrogens with one attached hydrogen (secondary N) is 1. The number of methoxy groups -OCH3 is 1. The number of anilines is 1. The van der Waals surface area contributed by atoms with Crippen LogP contribution in [0.5, 0.6) is 11.5 Å². The lowest BCUT2D eigenvalue weighted by molar-refractivity contribution is -0.111.